The van der Waals surface area contributed by atoms with Gasteiger partial charge in [-0.25, -0.2) is 4.98 Å². The SMILES string of the molecule is CS(=O)c1ccc(C(=O)N2CCC(c3nc4ccccc4s3)CC2)cc1. The third-order valence-corrected chi connectivity index (χ3v) is 7.01. The Morgan fingerprint density at radius 2 is 1.81 bits per heavy atom. The fourth-order valence-corrected chi connectivity index (χ4v) is 5.02. The molecule has 4 rings (SSSR count). The van der Waals surface area contributed by atoms with Crippen LogP contribution in [-0.4, -0.2) is 39.3 Å². The Morgan fingerprint density at radius 1 is 1.12 bits per heavy atom. The molecule has 1 amide bonds. The number of amides is 1. The van der Waals surface area contributed by atoms with E-state index >= 15 is 0 Å². The van der Waals surface area contributed by atoms with Gasteiger partial charge in [0.25, 0.3) is 5.91 Å². The monoisotopic (exact) mass is 384 g/mol. The second-order valence-electron chi connectivity index (χ2n) is 6.56. The zero-order chi connectivity index (χ0) is 18.1. The normalized spacial score (nSPS) is 16.7. The fraction of sp³-hybridized carbons (Fsp3) is 0.300. The highest BCUT2D eigenvalue weighted by Gasteiger charge is 2.26. The minimum absolute atomic E-state index is 0.0567. The van der Waals surface area contributed by atoms with Gasteiger partial charge < -0.3 is 4.90 Å². The van der Waals surface area contributed by atoms with E-state index in [0.29, 0.717) is 11.5 Å². The summed E-state index contributed by atoms with van der Waals surface area (Å²) in [5.41, 5.74) is 1.73. The molecule has 4 nitrogen and oxygen atoms in total. The molecule has 2 aromatic carbocycles. The maximum absolute atomic E-state index is 12.7. The molecule has 0 bridgehead atoms. The average Bonchev–Trinajstić information content (AvgIpc) is 3.12. The van der Waals surface area contributed by atoms with Crippen LogP contribution in [0.2, 0.25) is 0 Å². The minimum atomic E-state index is -1.02. The fourth-order valence-electron chi connectivity index (χ4n) is 3.37. The molecule has 1 aliphatic rings. The molecule has 1 atom stereocenters. The molecule has 0 N–H and O–H groups in total. The van der Waals surface area contributed by atoms with Crippen LogP contribution in [0.25, 0.3) is 10.2 Å². The first kappa shape index (κ1) is 17.4. The Labute approximate surface area is 159 Å². The van der Waals surface area contributed by atoms with Gasteiger partial charge in [0, 0.05) is 46.5 Å². The summed E-state index contributed by atoms with van der Waals surface area (Å²) in [5.74, 6) is 0.488. The Balaban J connectivity index is 1.42. The number of carbonyl (C=O) groups excluding carboxylic acids is 1. The zero-order valence-electron chi connectivity index (χ0n) is 14.6. The third kappa shape index (κ3) is 3.44. The second-order valence-corrected chi connectivity index (χ2v) is 9.01. The predicted molar refractivity (Wildman–Crippen MR) is 106 cm³/mol. The van der Waals surface area contributed by atoms with E-state index < -0.39 is 10.8 Å². The molecule has 1 aliphatic heterocycles. The van der Waals surface area contributed by atoms with Gasteiger partial charge in [-0.2, -0.15) is 0 Å². The van der Waals surface area contributed by atoms with Crippen molar-refractivity contribution in [2.75, 3.05) is 19.3 Å². The molecule has 26 heavy (non-hydrogen) atoms. The number of nitrogens with zero attached hydrogens (tertiary/aromatic N) is 2. The van der Waals surface area contributed by atoms with E-state index in [9.17, 15) is 9.00 Å². The maximum atomic E-state index is 12.7. The van der Waals surface area contributed by atoms with Crippen molar-refractivity contribution in [3.8, 4) is 0 Å². The first-order valence-electron chi connectivity index (χ1n) is 8.70. The zero-order valence-corrected chi connectivity index (χ0v) is 16.2. The van der Waals surface area contributed by atoms with Crippen molar-refractivity contribution < 1.29 is 9.00 Å². The number of likely N-dealkylation sites (tertiary alicyclic amines) is 1. The lowest BCUT2D eigenvalue weighted by Gasteiger charge is -2.31. The smallest absolute Gasteiger partial charge is 0.253 e. The van der Waals surface area contributed by atoms with Crippen LogP contribution < -0.4 is 0 Å². The molecule has 1 saturated heterocycles. The van der Waals surface area contributed by atoms with Gasteiger partial charge in [-0.15, -0.1) is 11.3 Å². The molecule has 0 spiro atoms. The van der Waals surface area contributed by atoms with E-state index in [1.807, 2.05) is 17.0 Å². The molecular weight excluding hydrogens is 364 g/mol. The molecule has 1 aromatic heterocycles. The summed E-state index contributed by atoms with van der Waals surface area (Å²) in [5, 5.41) is 1.19. The average molecular weight is 385 g/mol. The lowest BCUT2D eigenvalue weighted by atomic mass is 9.97. The van der Waals surface area contributed by atoms with Gasteiger partial charge in [0.2, 0.25) is 0 Å². The highest BCUT2D eigenvalue weighted by molar-refractivity contribution is 7.84. The van der Waals surface area contributed by atoms with Crippen molar-refractivity contribution in [1.82, 2.24) is 9.88 Å². The van der Waals surface area contributed by atoms with Crippen molar-refractivity contribution >= 4 is 38.3 Å². The predicted octanol–water partition coefficient (Wildman–Crippen LogP) is 4.05. The largest absolute Gasteiger partial charge is 0.339 e. The van der Waals surface area contributed by atoms with E-state index in [1.54, 1.807) is 41.9 Å². The molecule has 3 aromatic rings. The Morgan fingerprint density at radius 3 is 2.46 bits per heavy atom. The van der Waals surface area contributed by atoms with Gasteiger partial charge in [-0.3, -0.25) is 9.00 Å². The standard InChI is InChI=1S/C20H20N2O2S2/c1-26(24)16-8-6-15(7-9-16)20(23)22-12-10-14(11-13-22)19-21-17-4-2-3-5-18(17)25-19/h2-9,14H,10-13H2,1H3. The van der Waals surface area contributed by atoms with Crippen LogP contribution in [0, 0.1) is 0 Å². The first-order chi connectivity index (χ1) is 12.6. The van der Waals surface area contributed by atoms with Gasteiger partial charge in [0.05, 0.1) is 15.2 Å². The number of carbonyl (C=O) groups is 1. The summed E-state index contributed by atoms with van der Waals surface area (Å²) in [4.78, 5) is 20.1. The summed E-state index contributed by atoms with van der Waals surface area (Å²) < 4.78 is 12.7. The minimum Gasteiger partial charge on any atom is -0.339 e. The molecule has 134 valence electrons. The van der Waals surface area contributed by atoms with Crippen LogP contribution in [0.3, 0.4) is 0 Å². The molecule has 1 fully saturated rings. The maximum Gasteiger partial charge on any atom is 0.253 e. The van der Waals surface area contributed by atoms with E-state index in [1.165, 1.54) is 9.71 Å². The van der Waals surface area contributed by atoms with E-state index in [0.717, 1.165) is 36.3 Å². The Bertz CT molecular complexity index is 924. The summed E-state index contributed by atoms with van der Waals surface area (Å²) in [6, 6.07) is 15.3. The van der Waals surface area contributed by atoms with Gasteiger partial charge >= 0.3 is 0 Å². The number of benzene rings is 2. The van der Waals surface area contributed by atoms with Gasteiger partial charge in [0.1, 0.15) is 0 Å². The van der Waals surface area contributed by atoms with Crippen LogP contribution in [0.5, 0.6) is 0 Å². The molecule has 1 unspecified atom stereocenters. The number of thiazole rings is 1. The molecule has 6 heteroatoms. The number of hydrogen-bond acceptors (Lipinski definition) is 4. The topological polar surface area (TPSA) is 50.3 Å². The number of piperidine rings is 1. The summed E-state index contributed by atoms with van der Waals surface area (Å²) >= 11 is 1.77. The van der Waals surface area contributed by atoms with Crippen LogP contribution in [0.4, 0.5) is 0 Å². The van der Waals surface area contributed by atoms with Gasteiger partial charge in [-0.05, 0) is 49.2 Å². The van der Waals surface area contributed by atoms with Crippen LogP contribution in [0.15, 0.2) is 53.4 Å². The first-order valence-corrected chi connectivity index (χ1v) is 11.1. The molecule has 0 radical (unpaired) electrons. The Kier molecular flexibility index (Phi) is 4.87. The number of aromatic nitrogens is 1. The molecule has 2 heterocycles. The van der Waals surface area contributed by atoms with Gasteiger partial charge in [-0.1, -0.05) is 12.1 Å². The van der Waals surface area contributed by atoms with Crippen LogP contribution >= 0.6 is 11.3 Å². The molecule has 0 saturated carbocycles. The van der Waals surface area contributed by atoms with Crippen molar-refractivity contribution in [2.24, 2.45) is 0 Å². The van der Waals surface area contributed by atoms with E-state index in [2.05, 4.69) is 12.1 Å². The lowest BCUT2D eigenvalue weighted by Crippen LogP contribution is -2.37. The summed E-state index contributed by atoms with van der Waals surface area (Å²) in [6.07, 6.45) is 3.54. The van der Waals surface area contributed by atoms with Crippen LogP contribution in [-0.2, 0) is 10.8 Å². The van der Waals surface area contributed by atoms with E-state index in [4.69, 9.17) is 4.98 Å². The number of rotatable bonds is 3. The second kappa shape index (κ2) is 7.29. The van der Waals surface area contributed by atoms with Crippen molar-refractivity contribution in [3.05, 3.63) is 59.1 Å². The molecular formula is C20H20N2O2S2. The lowest BCUT2D eigenvalue weighted by molar-refractivity contribution is 0.0713. The van der Waals surface area contributed by atoms with Gasteiger partial charge in [0.15, 0.2) is 0 Å². The summed E-state index contributed by atoms with van der Waals surface area (Å²) in [7, 11) is -1.02. The number of para-hydroxylation sites is 1. The van der Waals surface area contributed by atoms with Crippen LogP contribution in [0.1, 0.15) is 34.1 Å². The number of hydrogen-bond donors (Lipinski definition) is 0. The number of fused-ring (bicyclic) bond motifs is 1. The van der Waals surface area contributed by atoms with E-state index in [-0.39, 0.29) is 5.91 Å². The highest BCUT2D eigenvalue weighted by atomic mass is 32.2. The van der Waals surface area contributed by atoms with Crippen molar-refractivity contribution in [2.45, 2.75) is 23.7 Å². The summed E-state index contributed by atoms with van der Waals surface area (Å²) in [6.45, 7) is 1.50. The quantitative estimate of drug-likeness (QED) is 0.684. The van der Waals surface area contributed by atoms with Crippen molar-refractivity contribution in [1.29, 1.82) is 0 Å². The Hall–Kier alpha value is -2.05. The molecule has 0 aliphatic carbocycles. The van der Waals surface area contributed by atoms with Crippen molar-refractivity contribution in [3.63, 3.8) is 0 Å². The third-order valence-electron chi connectivity index (χ3n) is 4.88. The highest BCUT2D eigenvalue weighted by Crippen LogP contribution is 2.34.